The minimum absolute atomic E-state index is 0.00185. The van der Waals surface area contributed by atoms with Crippen LogP contribution < -0.4 is 0 Å². The normalized spacial score (nSPS) is 13.2. The summed E-state index contributed by atoms with van der Waals surface area (Å²) in [6.07, 6.45) is 0. The highest BCUT2D eigenvalue weighted by Gasteiger charge is 2.32. The summed E-state index contributed by atoms with van der Waals surface area (Å²) in [6.45, 7) is 133. The Bertz CT molecular complexity index is 4280. The first kappa shape index (κ1) is 114. The fourth-order valence-corrected chi connectivity index (χ4v) is 13.4. The zero-order valence-electron chi connectivity index (χ0n) is 102. The van der Waals surface area contributed by atoms with Gasteiger partial charge >= 0.3 is 0 Å². The van der Waals surface area contributed by atoms with Gasteiger partial charge in [-0.15, -0.1) is 0 Å². The van der Waals surface area contributed by atoms with Gasteiger partial charge in [-0.05, 0) is 262 Å². The average molecular weight is 1760 g/mol. The number of hydrogen-bond acceptors (Lipinski definition) is 1. The summed E-state index contributed by atoms with van der Waals surface area (Å²) in [6, 6.07) is 43.9. The Morgan fingerprint density at radius 1 is 0.317 bits per heavy atom. The van der Waals surface area contributed by atoms with E-state index in [1.54, 1.807) is 29.2 Å². The van der Waals surface area contributed by atoms with Crippen molar-refractivity contribution in [3.63, 3.8) is 0 Å². The van der Waals surface area contributed by atoms with Crippen molar-refractivity contribution in [3.05, 3.63) is 245 Å². The second-order valence-electron chi connectivity index (χ2n) is 51.1. The Hall–Kier alpha value is -5.75. The first-order valence-corrected chi connectivity index (χ1v) is 51.7. The summed E-state index contributed by atoms with van der Waals surface area (Å²) in [5.41, 5.74) is 26.7. The third-order valence-corrected chi connectivity index (χ3v) is 26.4. The molecule has 0 N–H and O–H groups in total. The van der Waals surface area contributed by atoms with Crippen LogP contribution in [-0.4, -0.2) is 8.07 Å². The zero-order valence-corrected chi connectivity index (χ0v) is 96.4. The van der Waals surface area contributed by atoms with Gasteiger partial charge in [0.2, 0.25) is 0 Å². The van der Waals surface area contributed by atoms with Crippen molar-refractivity contribution in [1.82, 2.24) is 0 Å². The van der Waals surface area contributed by atoms with Crippen LogP contribution in [-0.2, 0) is 43.3 Å². The van der Waals surface area contributed by atoms with Crippen LogP contribution in [0.2, 0.25) is 24.7 Å². The molecule has 0 saturated heterocycles. The van der Waals surface area contributed by atoms with E-state index >= 15 is 0 Å². The molecule has 0 heterocycles. The lowest BCUT2D eigenvalue weighted by Crippen LogP contribution is -2.32. The van der Waals surface area contributed by atoms with E-state index in [-0.39, 0.29) is 84.7 Å². The van der Waals surface area contributed by atoms with Gasteiger partial charge in [0.05, 0.1) is 11.6 Å². The smallest absolute Gasteiger partial charge is 0.0680 e. The van der Waals surface area contributed by atoms with Gasteiger partial charge in [0.15, 0.2) is 0 Å². The van der Waals surface area contributed by atoms with E-state index < -0.39 is 14.0 Å². The van der Waals surface area contributed by atoms with E-state index in [1.807, 2.05) is 90.0 Å². The molecule has 0 saturated carbocycles. The van der Waals surface area contributed by atoms with Crippen LogP contribution in [0.5, 0.6) is 0 Å². The van der Waals surface area contributed by atoms with E-state index in [0.717, 1.165) is 11.5 Å². The molecule has 0 spiro atoms. The molecule has 0 aromatic heterocycles. The molecule has 720 valence electrons. The molecule has 7 aromatic carbocycles. The summed E-state index contributed by atoms with van der Waals surface area (Å²) in [7, 11) is -0.859. The first-order valence-electron chi connectivity index (χ1n) is 51.7. The molecule has 0 aliphatic rings. The molecule has 0 fully saturated rings. The summed E-state index contributed by atoms with van der Waals surface area (Å²) in [4.78, 5) is 0. The molecule has 0 radical (unpaired) electrons. The third-order valence-electron chi connectivity index (χ3n) is 21.9. The van der Waals surface area contributed by atoms with Crippen molar-refractivity contribution < 1.29 is 9.60 Å². The highest BCUT2D eigenvalue weighted by molar-refractivity contribution is 6.78. The molecule has 7 rings (SSSR count). The molecular formula is C124H215NSi. The highest BCUT2D eigenvalue weighted by Crippen LogP contribution is 2.43. The monoisotopic (exact) mass is 1750 g/mol. The SMILES string of the molecule is CC(C)(C)C#N.CC(C)(C)[Si](C)(C)C.CC(C)(C)c1ccccc1.CC(C)C.CC(C)c1cc(C(C)C)c(C(C)(C)C)c(C(C)C)c1.CC(C)c1cccc(C(C)C)c1C(C)(C)C.Cc1cccc(C)c1C(C)(C)C.Cc1cccc(C)c1C(C)(C)C.[2H]C(C)(C)C.[2H]C(C)(C)C(C)(C)C.[2H]C(C)(C)c1cccc(C(C)(C)C)c1C(C)(C)C.[2H]c1c([2H])c(C)c([2H])c(C(C)(C)C)c1[2H]. The van der Waals surface area contributed by atoms with Crippen molar-refractivity contribution in [2.45, 2.75) is 505 Å². The van der Waals surface area contributed by atoms with Gasteiger partial charge in [0, 0.05) is 17.6 Å². The van der Waals surface area contributed by atoms with Crippen molar-refractivity contribution >= 4 is 8.07 Å². The molecule has 0 aliphatic heterocycles. The fourth-order valence-electron chi connectivity index (χ4n) is 13.4. The molecule has 0 aliphatic carbocycles. The Labute approximate surface area is 802 Å². The Morgan fingerprint density at radius 3 is 0.786 bits per heavy atom. The third kappa shape index (κ3) is 53.5. The molecule has 1 nitrogen and oxygen atoms in total. The number of rotatable bonds is 6. The van der Waals surface area contributed by atoms with Crippen LogP contribution >= 0.6 is 0 Å². The lowest BCUT2D eigenvalue weighted by atomic mass is 9.71. The molecule has 2 heteroatoms. The van der Waals surface area contributed by atoms with Gasteiger partial charge in [-0.1, -0.05) is 511 Å². The van der Waals surface area contributed by atoms with E-state index in [1.165, 1.54) is 66.8 Å². The van der Waals surface area contributed by atoms with E-state index in [9.17, 15) is 0 Å². The first-order chi connectivity index (χ1) is 58.6. The predicted octanol–water partition coefficient (Wildman–Crippen LogP) is 41.2. The Morgan fingerprint density at radius 2 is 0.579 bits per heavy atom. The quantitative estimate of drug-likeness (QED) is 0.152. The molecule has 0 unspecified atom stereocenters. The summed E-state index contributed by atoms with van der Waals surface area (Å²) >= 11 is 0. The van der Waals surface area contributed by atoms with Gasteiger partial charge in [-0.3, -0.25) is 0 Å². The van der Waals surface area contributed by atoms with Gasteiger partial charge in [0.1, 0.15) is 0 Å². The standard InChI is InChI=1S/C19H32.C17H28.C16H26.2C12H18.C11H16.C10H14.C7H18Si.C7H16.C5H9N.2C4H10/c1-12(2)15-10-16(13(3)4)18(19(7,8)9)17(11-15)14(5)6;1-12(2)13-10-9-11-14(16(3,4)5)15(13)17(6,7)8;1-11(2)13-9-8-10-14(12(3)4)15(13)16(5,6)7;2*1-9-7-6-8-10(2)11(9)12(3,4)5;1-9-6-5-7-10(8-9)11(2,3)4;1-10(2,3)9-7-5-4-6-8-9;1-7(2,3)8(4,5)6;1-6(2)7(3,4)5;1-5(2,3)4-6;2*1-4(2)3/h10-14H,1-9H3;9-12H,1-8H3;8-12H,1-7H3;2*6-8H,1-5H3;5-8H,1-4H3;4-8H,1-3H3;1-6H3;6H,1-5H3;1-3H3;2*4H,1-3H3/i;12D;;;;5D,6D,7D,8D;;;6D;;4D;. The van der Waals surface area contributed by atoms with Gasteiger partial charge < -0.3 is 0 Å². The predicted molar refractivity (Wildman–Crippen MR) is 586 cm³/mol. The Balaban J connectivity index is -0.000000458. The van der Waals surface area contributed by atoms with Crippen LogP contribution in [0.25, 0.3) is 0 Å². The lowest BCUT2D eigenvalue weighted by Gasteiger charge is -2.33. The molecule has 0 bridgehead atoms. The Kier molecular flexibility index (Phi) is 49.9. The molecule has 0 atom stereocenters. The molecule has 126 heavy (non-hydrogen) atoms. The minimum Gasteiger partial charge on any atom is -0.198 e. The van der Waals surface area contributed by atoms with E-state index in [0.29, 0.717) is 51.2 Å². The average Bonchev–Trinajstić information content (AvgIpc) is 0.723. The number of nitriles is 1. The summed E-state index contributed by atoms with van der Waals surface area (Å²) in [5.74, 6) is 2.71. The lowest BCUT2D eigenvalue weighted by molar-refractivity contribution is 0.283. The fraction of sp³-hybridized carbons (Fsp3) is 0.653. The highest BCUT2D eigenvalue weighted by atomic mass is 28.3. The molecule has 0 amide bonds. The van der Waals surface area contributed by atoms with Crippen LogP contribution in [0.4, 0.5) is 0 Å². The second-order valence-corrected chi connectivity index (χ2v) is 57.1. The van der Waals surface area contributed by atoms with Crippen LogP contribution in [0.15, 0.2) is 139 Å². The topological polar surface area (TPSA) is 23.8 Å². The number of nitrogens with zero attached hydrogens (tertiary/aromatic N) is 1. The van der Waals surface area contributed by atoms with Crippen molar-refractivity contribution in [2.75, 3.05) is 0 Å². The van der Waals surface area contributed by atoms with Gasteiger partial charge in [-0.25, -0.2) is 0 Å². The second kappa shape index (κ2) is 54.9. The number of aryl methyl sites for hydroxylation is 4. The van der Waals surface area contributed by atoms with Crippen LogP contribution in [0, 0.1) is 74.5 Å². The maximum Gasteiger partial charge on any atom is 0.0680 e. The minimum atomic E-state index is -0.859. The van der Waals surface area contributed by atoms with Crippen LogP contribution in [0.1, 0.15) is 518 Å². The number of hydrogen-bond donors (Lipinski definition) is 0. The van der Waals surface area contributed by atoms with Gasteiger partial charge in [-0.2, -0.15) is 5.26 Å². The van der Waals surface area contributed by atoms with E-state index in [4.69, 9.17) is 14.9 Å². The van der Waals surface area contributed by atoms with E-state index in [2.05, 4.69) is 446 Å². The molecular weight excluding hydrogens is 1530 g/mol. The van der Waals surface area contributed by atoms with Crippen LogP contribution in [0.3, 0.4) is 0 Å². The van der Waals surface area contributed by atoms with Crippen molar-refractivity contribution in [1.29, 1.82) is 5.26 Å². The number of benzene rings is 7. The maximum absolute atomic E-state index is 8.39. The summed E-state index contributed by atoms with van der Waals surface area (Å²) in [5, 5.41) is 8.73. The van der Waals surface area contributed by atoms with Crippen molar-refractivity contribution in [3.8, 4) is 6.07 Å². The summed E-state index contributed by atoms with van der Waals surface area (Å²) < 4.78 is 53.9. The largest absolute Gasteiger partial charge is 0.198 e. The molecule has 7 aromatic rings. The zero-order chi connectivity index (χ0) is 107. The maximum atomic E-state index is 8.39. The van der Waals surface area contributed by atoms with Crippen molar-refractivity contribution in [2.24, 2.45) is 28.5 Å². The van der Waals surface area contributed by atoms with Gasteiger partial charge in [0.25, 0.3) is 0 Å².